The monoisotopic (exact) mass is 266 g/mol. The van der Waals surface area contributed by atoms with Gasteiger partial charge < -0.3 is 20.1 Å². The molecule has 1 rings (SSSR count). The van der Waals surface area contributed by atoms with Crippen LogP contribution in [0.4, 0.5) is 0 Å². The number of hydrogen-bond acceptors (Lipinski definition) is 4. The molecule has 0 saturated heterocycles. The van der Waals surface area contributed by atoms with E-state index in [9.17, 15) is 5.11 Å². The predicted octanol–water partition coefficient (Wildman–Crippen LogP) is 1.58. The van der Waals surface area contributed by atoms with Crippen LogP contribution in [0.1, 0.15) is 24.2 Å². The molecular weight excluding hydrogens is 240 g/mol. The van der Waals surface area contributed by atoms with Crippen molar-refractivity contribution in [1.29, 1.82) is 0 Å². The first-order valence-electron chi connectivity index (χ1n) is 6.81. The number of nitrogens with one attached hydrogen (secondary N) is 1. The van der Waals surface area contributed by atoms with E-state index in [1.807, 2.05) is 46.1 Å². The van der Waals surface area contributed by atoms with Crippen LogP contribution in [-0.2, 0) is 0 Å². The first-order valence-corrected chi connectivity index (χ1v) is 6.81. The largest absolute Gasteiger partial charge is 0.493 e. The summed E-state index contributed by atoms with van der Waals surface area (Å²) in [4.78, 5) is 2.11. The van der Waals surface area contributed by atoms with Crippen molar-refractivity contribution in [2.24, 2.45) is 0 Å². The van der Waals surface area contributed by atoms with Crippen LogP contribution in [0.3, 0.4) is 0 Å². The maximum Gasteiger partial charge on any atom is 0.125 e. The van der Waals surface area contributed by atoms with Gasteiger partial charge in [0.1, 0.15) is 5.75 Å². The Morgan fingerprint density at radius 2 is 2.11 bits per heavy atom. The zero-order chi connectivity index (χ0) is 14.3. The second kappa shape index (κ2) is 8.15. The van der Waals surface area contributed by atoms with Crippen molar-refractivity contribution in [2.45, 2.75) is 20.0 Å². The van der Waals surface area contributed by atoms with Gasteiger partial charge in [0.2, 0.25) is 0 Å². The van der Waals surface area contributed by atoms with E-state index in [1.165, 1.54) is 0 Å². The van der Waals surface area contributed by atoms with Gasteiger partial charge in [-0.1, -0.05) is 11.6 Å². The fraction of sp³-hybridized carbons (Fsp3) is 0.600. The molecule has 1 aromatic carbocycles. The third kappa shape index (κ3) is 5.59. The Hall–Kier alpha value is -1.10. The van der Waals surface area contributed by atoms with Crippen molar-refractivity contribution in [2.75, 3.05) is 40.3 Å². The Morgan fingerprint density at radius 3 is 2.74 bits per heavy atom. The molecule has 108 valence electrons. The van der Waals surface area contributed by atoms with Crippen LogP contribution in [0.25, 0.3) is 0 Å². The van der Waals surface area contributed by atoms with Gasteiger partial charge in [-0.3, -0.25) is 0 Å². The van der Waals surface area contributed by atoms with E-state index >= 15 is 0 Å². The lowest BCUT2D eigenvalue weighted by atomic mass is 10.1. The van der Waals surface area contributed by atoms with Gasteiger partial charge in [0, 0.05) is 25.2 Å². The molecule has 0 heterocycles. The Morgan fingerprint density at radius 1 is 1.37 bits per heavy atom. The van der Waals surface area contributed by atoms with Crippen molar-refractivity contribution in [3.05, 3.63) is 29.3 Å². The van der Waals surface area contributed by atoms with Crippen LogP contribution < -0.4 is 10.1 Å². The smallest absolute Gasteiger partial charge is 0.125 e. The predicted molar refractivity (Wildman–Crippen MR) is 78.7 cm³/mol. The van der Waals surface area contributed by atoms with Gasteiger partial charge in [-0.05, 0) is 40.1 Å². The first-order chi connectivity index (χ1) is 9.04. The third-order valence-electron chi connectivity index (χ3n) is 2.90. The van der Waals surface area contributed by atoms with E-state index in [0.717, 1.165) is 30.0 Å². The minimum atomic E-state index is -0.538. The number of benzene rings is 1. The molecule has 0 radical (unpaired) electrons. The van der Waals surface area contributed by atoms with Gasteiger partial charge in [-0.2, -0.15) is 0 Å². The number of hydrogen-bond donors (Lipinski definition) is 2. The number of likely N-dealkylation sites (N-methyl/N-ethyl adjacent to an activating group) is 1. The summed E-state index contributed by atoms with van der Waals surface area (Å²) in [5.41, 5.74) is 1.99. The SMILES string of the molecule is CCOc1ccc(C)cc1C(O)CNCCN(C)C. The average molecular weight is 266 g/mol. The molecule has 0 aliphatic carbocycles. The molecule has 19 heavy (non-hydrogen) atoms. The minimum Gasteiger partial charge on any atom is -0.493 e. The fourth-order valence-electron chi connectivity index (χ4n) is 1.87. The van der Waals surface area contributed by atoms with Gasteiger partial charge in [0.15, 0.2) is 0 Å². The number of rotatable bonds is 8. The van der Waals surface area contributed by atoms with Crippen molar-refractivity contribution in [3.8, 4) is 5.75 Å². The second-order valence-electron chi connectivity index (χ2n) is 5.00. The number of ether oxygens (including phenoxy) is 1. The van der Waals surface area contributed by atoms with Crippen molar-refractivity contribution in [3.63, 3.8) is 0 Å². The van der Waals surface area contributed by atoms with Crippen LogP contribution in [0.2, 0.25) is 0 Å². The highest BCUT2D eigenvalue weighted by Crippen LogP contribution is 2.26. The van der Waals surface area contributed by atoms with E-state index in [4.69, 9.17) is 4.74 Å². The average Bonchev–Trinajstić information content (AvgIpc) is 2.36. The summed E-state index contributed by atoms with van der Waals surface area (Å²) in [7, 11) is 4.07. The molecule has 1 unspecified atom stereocenters. The summed E-state index contributed by atoms with van der Waals surface area (Å²) in [5.74, 6) is 0.773. The van der Waals surface area contributed by atoms with Crippen molar-refractivity contribution in [1.82, 2.24) is 10.2 Å². The van der Waals surface area contributed by atoms with Gasteiger partial charge >= 0.3 is 0 Å². The number of aliphatic hydroxyl groups is 1. The molecule has 0 amide bonds. The zero-order valence-corrected chi connectivity index (χ0v) is 12.4. The third-order valence-corrected chi connectivity index (χ3v) is 2.90. The molecular formula is C15H26N2O2. The number of aliphatic hydroxyl groups excluding tert-OH is 1. The molecule has 0 aromatic heterocycles. The van der Waals surface area contributed by atoms with Crippen LogP contribution in [-0.4, -0.2) is 50.3 Å². The summed E-state index contributed by atoms with van der Waals surface area (Å²) in [6.45, 7) is 6.93. The number of nitrogens with zero attached hydrogens (tertiary/aromatic N) is 1. The molecule has 0 fully saturated rings. The lowest BCUT2D eigenvalue weighted by Crippen LogP contribution is -2.29. The molecule has 4 nitrogen and oxygen atoms in total. The van der Waals surface area contributed by atoms with Crippen LogP contribution in [0.15, 0.2) is 18.2 Å². The maximum atomic E-state index is 10.3. The Balaban J connectivity index is 2.59. The van der Waals surface area contributed by atoms with Gasteiger partial charge in [0.05, 0.1) is 12.7 Å². The fourth-order valence-corrected chi connectivity index (χ4v) is 1.87. The summed E-state index contributed by atoms with van der Waals surface area (Å²) in [5, 5.41) is 13.5. The Labute approximate surface area is 116 Å². The number of aryl methyl sites for hydroxylation is 1. The van der Waals surface area contributed by atoms with E-state index in [-0.39, 0.29) is 0 Å². The Bertz CT molecular complexity index is 380. The van der Waals surface area contributed by atoms with Crippen LogP contribution in [0.5, 0.6) is 5.75 Å². The molecule has 0 aliphatic heterocycles. The van der Waals surface area contributed by atoms with Gasteiger partial charge in [0.25, 0.3) is 0 Å². The minimum absolute atomic E-state index is 0.538. The van der Waals surface area contributed by atoms with Gasteiger partial charge in [-0.25, -0.2) is 0 Å². The van der Waals surface area contributed by atoms with Crippen molar-refractivity contribution >= 4 is 0 Å². The lowest BCUT2D eigenvalue weighted by molar-refractivity contribution is 0.168. The van der Waals surface area contributed by atoms with Crippen LogP contribution >= 0.6 is 0 Å². The van der Waals surface area contributed by atoms with Gasteiger partial charge in [-0.15, -0.1) is 0 Å². The normalized spacial score (nSPS) is 12.7. The van der Waals surface area contributed by atoms with E-state index in [0.29, 0.717) is 13.2 Å². The van der Waals surface area contributed by atoms with Crippen LogP contribution in [0, 0.1) is 6.92 Å². The molecule has 0 spiro atoms. The zero-order valence-electron chi connectivity index (χ0n) is 12.4. The maximum absolute atomic E-state index is 10.3. The van der Waals surface area contributed by atoms with E-state index < -0.39 is 6.10 Å². The molecule has 0 aliphatic rings. The topological polar surface area (TPSA) is 44.7 Å². The summed E-state index contributed by atoms with van der Waals surface area (Å²) in [6.07, 6.45) is -0.538. The van der Waals surface area contributed by atoms with E-state index in [2.05, 4.69) is 10.2 Å². The molecule has 4 heteroatoms. The molecule has 1 atom stereocenters. The summed E-state index contributed by atoms with van der Waals surface area (Å²) in [6, 6.07) is 5.92. The second-order valence-corrected chi connectivity index (χ2v) is 5.00. The molecule has 2 N–H and O–H groups in total. The Kier molecular flexibility index (Phi) is 6.84. The highest BCUT2D eigenvalue weighted by Gasteiger charge is 2.13. The van der Waals surface area contributed by atoms with Crippen molar-refractivity contribution < 1.29 is 9.84 Å². The quantitative estimate of drug-likeness (QED) is 0.701. The summed E-state index contributed by atoms with van der Waals surface area (Å²) < 4.78 is 5.56. The van der Waals surface area contributed by atoms with E-state index in [1.54, 1.807) is 0 Å². The molecule has 0 saturated carbocycles. The summed E-state index contributed by atoms with van der Waals surface area (Å²) >= 11 is 0. The first kappa shape index (κ1) is 16.0. The molecule has 1 aromatic rings. The highest BCUT2D eigenvalue weighted by atomic mass is 16.5. The molecule has 0 bridgehead atoms. The standard InChI is InChI=1S/C15H26N2O2/c1-5-19-15-7-6-12(2)10-13(15)14(18)11-16-8-9-17(3)4/h6-7,10,14,16,18H,5,8-9,11H2,1-4H3. The lowest BCUT2D eigenvalue weighted by Gasteiger charge is -2.18. The highest BCUT2D eigenvalue weighted by molar-refractivity contribution is 5.38.